The second kappa shape index (κ2) is 9.88. The minimum Gasteiger partial charge on any atom is -0.469 e. The Labute approximate surface area is 217 Å². The van der Waals surface area contributed by atoms with Crippen molar-refractivity contribution in [3.8, 4) is 17.0 Å². The van der Waals surface area contributed by atoms with Crippen LogP contribution in [0.15, 0.2) is 55.1 Å². The molecule has 0 N–H and O–H groups in total. The molecule has 5 rings (SSSR count). The molecule has 0 radical (unpaired) electrons. The molecule has 9 nitrogen and oxygen atoms in total. The number of hydrogen-bond donors (Lipinski definition) is 0. The summed E-state index contributed by atoms with van der Waals surface area (Å²) in [5.74, 6) is 0.695. The van der Waals surface area contributed by atoms with Crippen molar-refractivity contribution in [2.45, 2.75) is 65.2 Å². The lowest BCUT2D eigenvalue weighted by atomic mass is 10.0. The quantitative estimate of drug-likeness (QED) is 0.352. The van der Waals surface area contributed by atoms with Gasteiger partial charge >= 0.3 is 6.09 Å². The molecular weight excluding hydrogens is 468 g/mol. The fourth-order valence-electron chi connectivity index (χ4n) is 4.79. The van der Waals surface area contributed by atoms with Crippen LogP contribution in [0, 0.1) is 6.92 Å². The average Bonchev–Trinajstić information content (AvgIpc) is 3.50. The van der Waals surface area contributed by atoms with Crippen LogP contribution in [0.1, 0.15) is 64.1 Å². The van der Waals surface area contributed by atoms with Gasteiger partial charge in [0.25, 0.3) is 0 Å². The fraction of sp³-hybridized carbons (Fsp3) is 0.429. The maximum Gasteiger partial charge on any atom is 0.410 e. The third-order valence-corrected chi connectivity index (χ3v) is 6.69. The molecule has 4 aromatic rings. The Morgan fingerprint density at radius 3 is 2.59 bits per heavy atom. The molecule has 1 saturated heterocycles. The number of pyridine rings is 2. The Morgan fingerprint density at radius 1 is 1.11 bits per heavy atom. The number of rotatable bonds is 5. The Morgan fingerprint density at radius 2 is 1.89 bits per heavy atom. The van der Waals surface area contributed by atoms with E-state index in [1.807, 2.05) is 68.8 Å². The summed E-state index contributed by atoms with van der Waals surface area (Å²) in [6, 6.07) is 10.1. The second-order valence-corrected chi connectivity index (χ2v) is 10.5. The van der Waals surface area contributed by atoms with Crippen molar-refractivity contribution in [3.63, 3.8) is 0 Å². The van der Waals surface area contributed by atoms with Gasteiger partial charge in [0.15, 0.2) is 0 Å². The number of ether oxygens (including phenoxy) is 2. The highest BCUT2D eigenvalue weighted by Gasteiger charge is 2.29. The van der Waals surface area contributed by atoms with Crippen LogP contribution in [0.3, 0.4) is 0 Å². The van der Waals surface area contributed by atoms with Gasteiger partial charge in [0.1, 0.15) is 17.4 Å². The summed E-state index contributed by atoms with van der Waals surface area (Å²) in [5.41, 5.74) is 4.29. The number of fused-ring (bicyclic) bond motifs is 1. The van der Waals surface area contributed by atoms with E-state index in [4.69, 9.17) is 14.6 Å². The normalized spacial score (nSPS) is 15.6. The molecule has 1 aliphatic rings. The summed E-state index contributed by atoms with van der Waals surface area (Å²) in [6.07, 6.45) is 8.54. The Kier molecular flexibility index (Phi) is 6.62. The number of carbonyl (C=O) groups excluding carboxylic acids is 1. The maximum atomic E-state index is 12.5. The van der Waals surface area contributed by atoms with Crippen molar-refractivity contribution in [2.24, 2.45) is 0 Å². The lowest BCUT2D eigenvalue weighted by Gasteiger charge is -2.33. The summed E-state index contributed by atoms with van der Waals surface area (Å²) in [4.78, 5) is 23.2. The zero-order chi connectivity index (χ0) is 26.2. The van der Waals surface area contributed by atoms with Gasteiger partial charge < -0.3 is 14.4 Å². The van der Waals surface area contributed by atoms with E-state index in [1.165, 1.54) is 0 Å². The molecule has 0 saturated carbocycles. The average molecular weight is 503 g/mol. The summed E-state index contributed by atoms with van der Waals surface area (Å²) < 4.78 is 15.9. The summed E-state index contributed by atoms with van der Waals surface area (Å²) in [6.45, 7) is 11.1. The van der Waals surface area contributed by atoms with Crippen LogP contribution in [-0.2, 0) is 4.74 Å². The zero-order valence-corrected chi connectivity index (χ0v) is 22.1. The predicted octanol–water partition coefficient (Wildman–Crippen LogP) is 5.61. The van der Waals surface area contributed by atoms with E-state index in [-0.39, 0.29) is 18.2 Å². The van der Waals surface area contributed by atoms with Gasteiger partial charge in [-0.3, -0.25) is 14.1 Å². The first-order valence-corrected chi connectivity index (χ1v) is 12.8. The van der Waals surface area contributed by atoms with E-state index < -0.39 is 5.60 Å². The van der Waals surface area contributed by atoms with Gasteiger partial charge in [-0.2, -0.15) is 5.10 Å². The third kappa shape index (κ3) is 5.30. The van der Waals surface area contributed by atoms with Gasteiger partial charge in [-0.15, -0.1) is 0 Å². The number of hydrogen-bond acceptors (Lipinski definition) is 6. The number of aromatic nitrogens is 5. The Hall–Kier alpha value is -3.88. The van der Waals surface area contributed by atoms with Crippen molar-refractivity contribution in [1.82, 2.24) is 29.0 Å². The van der Waals surface area contributed by atoms with Crippen molar-refractivity contribution in [1.29, 1.82) is 0 Å². The van der Waals surface area contributed by atoms with Crippen LogP contribution >= 0.6 is 0 Å². The fourth-order valence-corrected chi connectivity index (χ4v) is 4.79. The summed E-state index contributed by atoms with van der Waals surface area (Å²) >= 11 is 0. The van der Waals surface area contributed by atoms with E-state index in [0.29, 0.717) is 19.0 Å². The van der Waals surface area contributed by atoms with E-state index in [0.717, 1.165) is 41.0 Å². The largest absolute Gasteiger partial charge is 0.469 e. The Balaban J connectivity index is 1.36. The van der Waals surface area contributed by atoms with E-state index in [1.54, 1.807) is 17.3 Å². The molecule has 1 fully saturated rings. The molecule has 194 valence electrons. The molecule has 5 heterocycles. The van der Waals surface area contributed by atoms with Gasteiger partial charge in [-0.05, 0) is 71.2 Å². The second-order valence-electron chi connectivity index (χ2n) is 10.5. The maximum absolute atomic E-state index is 12.5. The van der Waals surface area contributed by atoms with E-state index in [2.05, 4.69) is 27.6 Å². The van der Waals surface area contributed by atoms with Crippen LogP contribution in [0.5, 0.6) is 5.88 Å². The van der Waals surface area contributed by atoms with Crippen LogP contribution < -0.4 is 4.74 Å². The smallest absolute Gasteiger partial charge is 0.410 e. The van der Waals surface area contributed by atoms with Gasteiger partial charge in [0, 0.05) is 49.0 Å². The SMILES string of the molecule is Cc1c(-c2cc(O[C@H](C)c3ccccn3)n3ccnc3c2)cnn1C1CCN(C(=O)OC(C)(C)C)CC1. The highest BCUT2D eigenvalue weighted by molar-refractivity contribution is 5.71. The molecule has 0 bridgehead atoms. The van der Waals surface area contributed by atoms with E-state index >= 15 is 0 Å². The van der Waals surface area contributed by atoms with Crippen LogP contribution in [0.25, 0.3) is 16.8 Å². The number of imidazole rings is 1. The first-order valence-electron chi connectivity index (χ1n) is 12.8. The van der Waals surface area contributed by atoms with Gasteiger partial charge in [-0.25, -0.2) is 9.78 Å². The highest BCUT2D eigenvalue weighted by atomic mass is 16.6. The van der Waals surface area contributed by atoms with Crippen molar-refractivity contribution in [3.05, 3.63) is 66.5 Å². The molecule has 0 unspecified atom stereocenters. The lowest BCUT2D eigenvalue weighted by Crippen LogP contribution is -2.42. The first-order chi connectivity index (χ1) is 17.7. The van der Waals surface area contributed by atoms with Gasteiger partial charge in [-0.1, -0.05) is 6.07 Å². The van der Waals surface area contributed by atoms with Gasteiger partial charge in [0.2, 0.25) is 5.88 Å². The molecule has 37 heavy (non-hydrogen) atoms. The topological polar surface area (TPSA) is 86.8 Å². The summed E-state index contributed by atoms with van der Waals surface area (Å²) in [7, 11) is 0. The molecule has 1 aliphatic heterocycles. The molecule has 0 aromatic carbocycles. The minimum atomic E-state index is -0.491. The number of carbonyl (C=O) groups is 1. The number of amides is 1. The monoisotopic (exact) mass is 502 g/mol. The predicted molar refractivity (Wildman–Crippen MR) is 141 cm³/mol. The highest BCUT2D eigenvalue weighted by Crippen LogP contribution is 2.33. The molecule has 0 spiro atoms. The summed E-state index contributed by atoms with van der Waals surface area (Å²) in [5, 5.41) is 4.75. The third-order valence-electron chi connectivity index (χ3n) is 6.69. The number of nitrogens with zero attached hydrogens (tertiary/aromatic N) is 6. The standard InChI is InChI=1S/C28H34N6O3/c1-19-23(18-31-34(19)22-9-13-32(14-10-22)27(35)37-28(3,4)5)21-16-25-30-12-15-33(25)26(17-21)36-20(2)24-8-6-7-11-29-24/h6-8,11-12,15-18,20,22H,9-10,13-14H2,1-5H3/t20-/m1/s1. The van der Waals surface area contributed by atoms with Crippen molar-refractivity contribution >= 4 is 11.7 Å². The van der Waals surface area contributed by atoms with E-state index in [9.17, 15) is 4.79 Å². The molecule has 1 atom stereocenters. The molecule has 0 aliphatic carbocycles. The van der Waals surface area contributed by atoms with Crippen LogP contribution in [-0.4, -0.2) is 53.8 Å². The van der Waals surface area contributed by atoms with Crippen LogP contribution in [0.2, 0.25) is 0 Å². The van der Waals surface area contributed by atoms with Gasteiger partial charge in [0.05, 0.1) is 17.9 Å². The first kappa shape index (κ1) is 24.8. The molecule has 4 aromatic heterocycles. The van der Waals surface area contributed by atoms with Crippen molar-refractivity contribution < 1.29 is 14.3 Å². The molecule has 1 amide bonds. The van der Waals surface area contributed by atoms with Crippen molar-refractivity contribution in [2.75, 3.05) is 13.1 Å². The number of likely N-dealkylation sites (tertiary alicyclic amines) is 1. The lowest BCUT2D eigenvalue weighted by molar-refractivity contribution is 0.0184. The zero-order valence-electron chi connectivity index (χ0n) is 22.1. The molecular formula is C28H34N6O3. The number of piperidine rings is 1. The minimum absolute atomic E-state index is 0.221. The van der Waals surface area contributed by atoms with Crippen LogP contribution in [0.4, 0.5) is 4.79 Å². The Bertz CT molecular complexity index is 1380. The molecule has 9 heteroatoms.